The van der Waals surface area contributed by atoms with Crippen LogP contribution >= 0.6 is 0 Å². The molecule has 0 aromatic heterocycles. The average Bonchev–Trinajstić information content (AvgIpc) is 3.00. The Morgan fingerprint density at radius 1 is 1.40 bits per heavy atom. The molecule has 5 nitrogen and oxygen atoms in total. The molecule has 0 heterocycles. The normalized spacial score (nSPS) is 14.7. The van der Waals surface area contributed by atoms with Crippen molar-refractivity contribution in [3.8, 4) is 0 Å². The van der Waals surface area contributed by atoms with E-state index in [4.69, 9.17) is 9.57 Å². The first-order chi connectivity index (χ1) is 7.24. The SMILES string of the molecule is CCOC(=O)CCCNOC(=O)C1CC1. The fourth-order valence-electron chi connectivity index (χ4n) is 1.06. The lowest BCUT2D eigenvalue weighted by Gasteiger charge is -2.04. The number of hydrogen-bond donors (Lipinski definition) is 1. The van der Waals surface area contributed by atoms with Gasteiger partial charge < -0.3 is 9.57 Å². The summed E-state index contributed by atoms with van der Waals surface area (Å²) < 4.78 is 4.74. The van der Waals surface area contributed by atoms with Gasteiger partial charge in [0.25, 0.3) is 0 Å². The number of ether oxygens (including phenoxy) is 1. The van der Waals surface area contributed by atoms with Crippen LogP contribution in [0.15, 0.2) is 0 Å². The lowest BCUT2D eigenvalue weighted by molar-refractivity contribution is -0.152. The first-order valence-electron chi connectivity index (χ1n) is 5.33. The highest BCUT2D eigenvalue weighted by molar-refractivity contribution is 5.74. The zero-order valence-electron chi connectivity index (χ0n) is 8.95. The molecule has 0 radical (unpaired) electrons. The van der Waals surface area contributed by atoms with E-state index in [0.717, 1.165) is 12.8 Å². The lowest BCUT2D eigenvalue weighted by Crippen LogP contribution is -2.22. The molecule has 1 rings (SSSR count). The second kappa shape index (κ2) is 6.40. The molecular weight excluding hydrogens is 198 g/mol. The molecular formula is C10H17NO4. The molecule has 0 aromatic rings. The summed E-state index contributed by atoms with van der Waals surface area (Å²) in [4.78, 5) is 26.7. The predicted octanol–water partition coefficient (Wildman–Crippen LogP) is 0.787. The summed E-state index contributed by atoms with van der Waals surface area (Å²) in [5, 5.41) is 0. The molecule has 1 saturated carbocycles. The molecule has 15 heavy (non-hydrogen) atoms. The number of nitrogens with one attached hydrogen (secondary N) is 1. The van der Waals surface area contributed by atoms with Crippen LogP contribution in [0, 0.1) is 5.92 Å². The van der Waals surface area contributed by atoms with Crippen molar-refractivity contribution < 1.29 is 19.2 Å². The van der Waals surface area contributed by atoms with Gasteiger partial charge in [0.15, 0.2) is 0 Å². The van der Waals surface area contributed by atoms with Gasteiger partial charge in [-0.05, 0) is 26.2 Å². The van der Waals surface area contributed by atoms with Crippen molar-refractivity contribution in [2.24, 2.45) is 5.92 Å². The van der Waals surface area contributed by atoms with Crippen LogP contribution in [0.5, 0.6) is 0 Å². The van der Waals surface area contributed by atoms with Crippen LogP contribution in [0.2, 0.25) is 0 Å². The van der Waals surface area contributed by atoms with E-state index in [-0.39, 0.29) is 17.9 Å². The third kappa shape index (κ3) is 5.37. The Bertz CT molecular complexity index is 225. The molecule has 0 aromatic carbocycles. The van der Waals surface area contributed by atoms with Gasteiger partial charge in [-0.2, -0.15) is 5.48 Å². The third-order valence-electron chi connectivity index (χ3n) is 2.05. The molecule has 0 atom stereocenters. The molecule has 1 N–H and O–H groups in total. The van der Waals surface area contributed by atoms with Gasteiger partial charge in [0.05, 0.1) is 12.5 Å². The molecule has 5 heteroatoms. The second-order valence-electron chi connectivity index (χ2n) is 3.50. The van der Waals surface area contributed by atoms with E-state index >= 15 is 0 Å². The summed E-state index contributed by atoms with van der Waals surface area (Å²) in [6.07, 6.45) is 2.82. The number of rotatable bonds is 7. The van der Waals surface area contributed by atoms with Gasteiger partial charge in [-0.15, -0.1) is 0 Å². The van der Waals surface area contributed by atoms with Crippen LogP contribution in [0.1, 0.15) is 32.6 Å². The molecule has 0 bridgehead atoms. The van der Waals surface area contributed by atoms with Crippen molar-refractivity contribution in [2.45, 2.75) is 32.6 Å². The smallest absolute Gasteiger partial charge is 0.327 e. The number of carbonyl (C=O) groups is 2. The maximum absolute atomic E-state index is 11.0. The summed E-state index contributed by atoms with van der Waals surface area (Å²) in [6, 6.07) is 0. The van der Waals surface area contributed by atoms with E-state index in [0.29, 0.717) is 26.0 Å². The fraction of sp³-hybridized carbons (Fsp3) is 0.800. The minimum atomic E-state index is -0.215. The van der Waals surface area contributed by atoms with E-state index in [1.54, 1.807) is 6.92 Å². The van der Waals surface area contributed by atoms with E-state index in [2.05, 4.69) is 5.48 Å². The molecule has 1 aliphatic rings. The van der Waals surface area contributed by atoms with Crippen LogP contribution in [0.3, 0.4) is 0 Å². The monoisotopic (exact) mass is 215 g/mol. The van der Waals surface area contributed by atoms with Gasteiger partial charge in [0, 0.05) is 13.0 Å². The molecule has 1 fully saturated rings. The standard InChI is InChI=1S/C10H17NO4/c1-2-14-9(12)4-3-7-11-15-10(13)8-5-6-8/h8,11H,2-7H2,1H3. The van der Waals surface area contributed by atoms with Crippen LogP contribution in [-0.2, 0) is 19.2 Å². The molecule has 0 unspecified atom stereocenters. The molecule has 0 aliphatic heterocycles. The molecule has 0 spiro atoms. The summed E-state index contributed by atoms with van der Waals surface area (Å²) in [5.41, 5.74) is 2.55. The van der Waals surface area contributed by atoms with Gasteiger partial charge in [-0.25, -0.2) is 0 Å². The van der Waals surface area contributed by atoms with E-state index < -0.39 is 0 Å². The zero-order valence-corrected chi connectivity index (χ0v) is 8.95. The largest absolute Gasteiger partial charge is 0.466 e. The van der Waals surface area contributed by atoms with Gasteiger partial charge in [0.2, 0.25) is 0 Å². The van der Waals surface area contributed by atoms with Gasteiger partial charge >= 0.3 is 11.9 Å². The quantitative estimate of drug-likeness (QED) is 0.386. The van der Waals surface area contributed by atoms with Crippen molar-refractivity contribution >= 4 is 11.9 Å². The molecule has 0 saturated heterocycles. The topological polar surface area (TPSA) is 64.6 Å². The van der Waals surface area contributed by atoms with Crippen LogP contribution < -0.4 is 5.48 Å². The second-order valence-corrected chi connectivity index (χ2v) is 3.50. The Morgan fingerprint density at radius 3 is 2.73 bits per heavy atom. The number of hydroxylamine groups is 1. The van der Waals surface area contributed by atoms with Gasteiger partial charge in [0.1, 0.15) is 0 Å². The van der Waals surface area contributed by atoms with Crippen LogP contribution in [-0.4, -0.2) is 25.1 Å². The third-order valence-corrected chi connectivity index (χ3v) is 2.05. The Hall–Kier alpha value is -1.10. The predicted molar refractivity (Wildman–Crippen MR) is 52.7 cm³/mol. The van der Waals surface area contributed by atoms with Crippen LogP contribution in [0.25, 0.3) is 0 Å². The van der Waals surface area contributed by atoms with Crippen molar-refractivity contribution in [3.63, 3.8) is 0 Å². The first-order valence-corrected chi connectivity index (χ1v) is 5.33. The first kappa shape index (κ1) is 12.0. The van der Waals surface area contributed by atoms with E-state index in [1.807, 2.05) is 0 Å². The molecule has 1 aliphatic carbocycles. The summed E-state index contributed by atoms with van der Waals surface area (Å²) in [7, 11) is 0. The summed E-state index contributed by atoms with van der Waals surface area (Å²) in [6.45, 7) is 2.66. The van der Waals surface area contributed by atoms with Crippen molar-refractivity contribution in [1.82, 2.24) is 5.48 Å². The minimum absolute atomic E-state index is 0.0996. The summed E-state index contributed by atoms with van der Waals surface area (Å²) in [5.74, 6) is -0.304. The number of hydrogen-bond acceptors (Lipinski definition) is 5. The summed E-state index contributed by atoms with van der Waals surface area (Å²) >= 11 is 0. The fourth-order valence-corrected chi connectivity index (χ4v) is 1.06. The molecule has 86 valence electrons. The Labute approximate surface area is 89.1 Å². The molecule has 0 amide bonds. The van der Waals surface area contributed by atoms with E-state index in [9.17, 15) is 9.59 Å². The van der Waals surface area contributed by atoms with E-state index in [1.165, 1.54) is 0 Å². The minimum Gasteiger partial charge on any atom is -0.466 e. The Morgan fingerprint density at radius 2 is 2.13 bits per heavy atom. The van der Waals surface area contributed by atoms with Gasteiger partial charge in [-0.3, -0.25) is 9.59 Å². The lowest BCUT2D eigenvalue weighted by atomic mass is 10.3. The Balaban J connectivity index is 1.88. The number of carbonyl (C=O) groups excluding carboxylic acids is 2. The van der Waals surface area contributed by atoms with Crippen molar-refractivity contribution in [3.05, 3.63) is 0 Å². The average molecular weight is 215 g/mol. The highest BCUT2D eigenvalue weighted by Crippen LogP contribution is 2.29. The van der Waals surface area contributed by atoms with Crippen molar-refractivity contribution in [1.29, 1.82) is 0 Å². The highest BCUT2D eigenvalue weighted by atomic mass is 16.7. The maximum atomic E-state index is 11.0. The highest BCUT2D eigenvalue weighted by Gasteiger charge is 2.31. The Kier molecular flexibility index (Phi) is 5.10. The zero-order chi connectivity index (χ0) is 11.1. The van der Waals surface area contributed by atoms with Gasteiger partial charge in [-0.1, -0.05) is 0 Å². The maximum Gasteiger partial charge on any atom is 0.327 e. The number of esters is 1. The van der Waals surface area contributed by atoms with Crippen LogP contribution in [0.4, 0.5) is 0 Å². The van der Waals surface area contributed by atoms with Crippen molar-refractivity contribution in [2.75, 3.05) is 13.2 Å².